The largest absolute Gasteiger partial charge is 0.462 e. The fraction of sp³-hybridized carbons (Fsp3) is 0.630. The summed E-state index contributed by atoms with van der Waals surface area (Å²) < 4.78 is 67.3. The molecule has 0 radical (unpaired) electrons. The van der Waals surface area contributed by atoms with Crippen molar-refractivity contribution in [2.75, 3.05) is 33.0 Å². The summed E-state index contributed by atoms with van der Waals surface area (Å²) in [6.45, 7) is 2.01. The van der Waals surface area contributed by atoms with Crippen molar-refractivity contribution in [3.63, 3.8) is 0 Å². The molecule has 0 bridgehead atoms. The number of nitrogens with one attached hydrogen (secondary N) is 2. The second-order valence-electron chi connectivity index (χ2n) is 21.3. The topological polar surface area (TPSA) is 514 Å². The maximum Gasteiger partial charge on any atom is 0.336 e. The minimum absolute atomic E-state index is 0.115. The molecule has 7 heterocycles. The van der Waals surface area contributed by atoms with Crippen molar-refractivity contribution < 1.29 is 142 Å². The lowest BCUT2D eigenvalue weighted by Gasteiger charge is -2.48. The van der Waals surface area contributed by atoms with Gasteiger partial charge in [-0.1, -0.05) is 0 Å². The molecule has 0 aliphatic carbocycles. The zero-order chi connectivity index (χ0) is 63.5. The highest BCUT2D eigenvalue weighted by molar-refractivity contribution is 5.82. The Morgan fingerprint density at radius 3 is 1.10 bits per heavy atom. The summed E-state index contributed by atoms with van der Waals surface area (Å²) >= 11 is 0. The number of carbonyl (C=O) groups is 2. The maximum atomic E-state index is 12.2. The average Bonchev–Trinajstić information content (AvgIpc) is 1.05. The number of aliphatic hydroxyl groups excluding tert-OH is 15. The van der Waals surface area contributed by atoms with Crippen molar-refractivity contribution in [1.82, 2.24) is 10.6 Å². The van der Waals surface area contributed by atoms with E-state index in [1.54, 1.807) is 32.0 Å². The quantitative estimate of drug-likeness (QED) is 0.0437. The first-order chi connectivity index (χ1) is 41.3. The summed E-state index contributed by atoms with van der Waals surface area (Å²) in [6, 6.07) is 9.27. The molecule has 5 fully saturated rings. The molecule has 33 heteroatoms. The monoisotopic (exact) mass is 1240 g/mol. The lowest BCUT2D eigenvalue weighted by atomic mass is 9.95. The van der Waals surface area contributed by atoms with Gasteiger partial charge in [0.2, 0.25) is 24.4 Å². The zero-order valence-corrected chi connectivity index (χ0v) is 46.8. The smallest absolute Gasteiger partial charge is 0.336 e. The van der Waals surface area contributed by atoms with Crippen molar-refractivity contribution in [3.8, 4) is 11.5 Å². The lowest BCUT2D eigenvalue weighted by molar-refractivity contribution is -0.374. The van der Waals surface area contributed by atoms with Crippen LogP contribution in [0.15, 0.2) is 67.0 Å². The first-order valence-electron chi connectivity index (χ1n) is 27.4. The first kappa shape index (κ1) is 67.4. The summed E-state index contributed by atoms with van der Waals surface area (Å²) in [5.74, 6) is -0.888. The number of fused-ring (bicyclic) bond motifs is 2. The normalized spacial score (nSPS) is 38.0. The second kappa shape index (κ2) is 29.0. The minimum Gasteiger partial charge on any atom is -0.462 e. The fourth-order valence-corrected chi connectivity index (χ4v) is 10.6. The molecule has 17 N–H and O–H groups in total. The van der Waals surface area contributed by atoms with Crippen LogP contribution in [-0.2, 0) is 47.5 Å². The van der Waals surface area contributed by atoms with Crippen LogP contribution in [0.25, 0.3) is 21.9 Å². The van der Waals surface area contributed by atoms with Gasteiger partial charge in [0, 0.05) is 48.9 Å². The number of amides is 2. The van der Waals surface area contributed by atoms with Crippen LogP contribution in [0.2, 0.25) is 0 Å². The van der Waals surface area contributed by atoms with Crippen molar-refractivity contribution in [3.05, 3.63) is 80.5 Å². The van der Waals surface area contributed by atoms with Gasteiger partial charge in [0.05, 0.1) is 33.0 Å². The third-order valence-electron chi connectivity index (χ3n) is 15.2. The number of ether oxygens (including phenoxy) is 10. The summed E-state index contributed by atoms with van der Waals surface area (Å²) in [7, 11) is 0. The SMILES string of the molecule is CC(=O)NC1[C@H](Oc2ccc3c(C)cc(=O)oc3c2)OC(CO)[C@@H](O[C@@H]2O[C@@H](CO)[C@H](O)C(O)C2O)[C@@H]1O.CC(=O)NC1[C@H](Oc2ccc3c(C)cc(=O)oc3c2)OC(CO)[C@@H](O[C@@H]2O[C@@H](CO)[C@H](O)C(O[C@H]3OC(CO)[C@H](O)[C@H](O)C3O)C2O)[C@@H]1O. The Morgan fingerprint density at radius 1 is 0.414 bits per heavy atom. The van der Waals surface area contributed by atoms with E-state index in [4.69, 9.17) is 56.2 Å². The third-order valence-corrected chi connectivity index (χ3v) is 15.2. The van der Waals surface area contributed by atoms with E-state index >= 15 is 0 Å². The van der Waals surface area contributed by atoms with E-state index in [-0.39, 0.29) is 22.7 Å². The van der Waals surface area contributed by atoms with Gasteiger partial charge < -0.3 is 143 Å². The van der Waals surface area contributed by atoms with E-state index in [0.29, 0.717) is 21.9 Å². The third kappa shape index (κ3) is 14.9. The van der Waals surface area contributed by atoms with E-state index in [2.05, 4.69) is 10.6 Å². The summed E-state index contributed by atoms with van der Waals surface area (Å²) in [4.78, 5) is 47.8. The van der Waals surface area contributed by atoms with Crippen LogP contribution >= 0.6 is 0 Å². The Bertz CT molecular complexity index is 3070. The summed E-state index contributed by atoms with van der Waals surface area (Å²) in [6.07, 6.45) is -37.3. The molecule has 2 aromatic carbocycles. The molecular weight excluding hydrogens is 1170 g/mol. The van der Waals surface area contributed by atoms with Gasteiger partial charge in [0.15, 0.2) is 18.9 Å². The van der Waals surface area contributed by atoms with Crippen LogP contribution < -0.4 is 31.4 Å². The van der Waals surface area contributed by atoms with Gasteiger partial charge >= 0.3 is 11.3 Å². The number of benzene rings is 2. The standard InChI is InChI=1S/C30H41NO18.C24H31NO13/c1-10-5-18(36)44-14-6-12(3-4-13(10)14)43-28-19(31-11(2)35)22(39)26(17(9-34)47-28)48-30-25(42)27(21(38)16(8-33)46-30)49-29-24(41)23(40)20(37)15(7-32)45-29;1-9-5-16(29)35-13-6-11(3-4-12(9)13)34-23-17(25-10(2)28)19(31)22(15(8-27)37-23)38-24-21(33)20(32)18(30)14(7-26)36-24/h3-6,15-17,19-30,32-34,37-42H,7-9H2,1-2H3,(H,31,35);3-6,14-15,17-24,26-27,30-33H,7-8H2,1-2H3,(H,25,28)/t15?,16-,17?,19?,20-,21-,22+,23-,24?,25?,26+,27?,28+,29+,30-;14-,15?,17?,18-,19+,20?,21?,22+,23+,24-/m00/s1. The number of aryl methyl sites for hydroxylation is 2. The predicted molar refractivity (Wildman–Crippen MR) is 284 cm³/mol. The number of hydrogen-bond donors (Lipinski definition) is 17. The molecule has 25 atom stereocenters. The van der Waals surface area contributed by atoms with Crippen LogP contribution in [0.5, 0.6) is 11.5 Å². The molecule has 9 rings (SSSR count). The van der Waals surface area contributed by atoms with Gasteiger partial charge in [-0.3, -0.25) is 9.59 Å². The average molecular weight is 1250 g/mol. The Kier molecular flexibility index (Phi) is 22.4. The lowest BCUT2D eigenvalue weighted by Crippen LogP contribution is -2.68. The second-order valence-corrected chi connectivity index (χ2v) is 21.3. The number of hydrogen-bond acceptors (Lipinski definition) is 31. The molecule has 2 aromatic heterocycles. The van der Waals surface area contributed by atoms with E-state index in [1.807, 2.05) is 0 Å². The molecular formula is C54H72N2O31. The van der Waals surface area contributed by atoms with Crippen LogP contribution in [-0.4, -0.2) is 275 Å². The molecule has 33 nitrogen and oxygen atoms in total. The number of aliphatic hydroxyl groups is 15. The van der Waals surface area contributed by atoms with Gasteiger partial charge in [0.1, 0.15) is 145 Å². The van der Waals surface area contributed by atoms with E-state index in [0.717, 1.165) is 6.92 Å². The van der Waals surface area contributed by atoms with Crippen LogP contribution in [0, 0.1) is 13.8 Å². The van der Waals surface area contributed by atoms with Crippen molar-refractivity contribution in [2.24, 2.45) is 0 Å². The Balaban J connectivity index is 0.000000233. The first-order valence-corrected chi connectivity index (χ1v) is 27.4. The van der Waals surface area contributed by atoms with Gasteiger partial charge in [-0.25, -0.2) is 9.59 Å². The Morgan fingerprint density at radius 2 is 0.747 bits per heavy atom. The zero-order valence-electron chi connectivity index (χ0n) is 46.8. The molecule has 5 aliphatic rings. The highest BCUT2D eigenvalue weighted by Crippen LogP contribution is 2.36. The maximum absolute atomic E-state index is 12.2. The van der Waals surface area contributed by atoms with Gasteiger partial charge in [-0.2, -0.15) is 0 Å². The van der Waals surface area contributed by atoms with Crippen LogP contribution in [0.1, 0.15) is 25.0 Å². The highest BCUT2D eigenvalue weighted by Gasteiger charge is 2.56. The predicted octanol–water partition coefficient (Wildman–Crippen LogP) is -7.68. The van der Waals surface area contributed by atoms with Crippen molar-refractivity contribution >= 4 is 33.8 Å². The molecule has 0 saturated carbocycles. The summed E-state index contributed by atoms with van der Waals surface area (Å²) in [5.41, 5.74) is 0.633. The number of rotatable bonds is 17. The molecule has 4 aromatic rings. The molecule has 10 unspecified atom stereocenters. The van der Waals surface area contributed by atoms with E-state index in [1.165, 1.54) is 37.3 Å². The van der Waals surface area contributed by atoms with Crippen molar-refractivity contribution in [2.45, 2.75) is 181 Å². The highest BCUT2D eigenvalue weighted by atomic mass is 16.8. The van der Waals surface area contributed by atoms with Crippen molar-refractivity contribution in [1.29, 1.82) is 0 Å². The van der Waals surface area contributed by atoms with Gasteiger partial charge in [-0.15, -0.1) is 0 Å². The van der Waals surface area contributed by atoms with Crippen LogP contribution in [0.3, 0.4) is 0 Å². The minimum atomic E-state index is -1.96. The Hall–Kier alpha value is -5.52. The van der Waals surface area contributed by atoms with Gasteiger partial charge in [0.25, 0.3) is 0 Å². The van der Waals surface area contributed by atoms with E-state index < -0.39 is 210 Å². The molecule has 0 spiro atoms. The fourth-order valence-electron chi connectivity index (χ4n) is 10.6. The molecule has 5 aliphatic heterocycles. The molecule has 87 heavy (non-hydrogen) atoms. The summed E-state index contributed by atoms with van der Waals surface area (Å²) in [5, 5.41) is 161. The van der Waals surface area contributed by atoms with E-state index in [9.17, 15) is 95.8 Å². The molecule has 484 valence electrons. The van der Waals surface area contributed by atoms with Crippen LogP contribution in [0.4, 0.5) is 0 Å². The Labute approximate surface area is 491 Å². The molecule has 2 amide bonds. The number of carbonyl (C=O) groups excluding carboxylic acids is 2. The molecule has 5 saturated heterocycles. The van der Waals surface area contributed by atoms with Gasteiger partial charge in [-0.05, 0) is 49.2 Å².